The number of thiazole rings is 1. The van der Waals surface area contributed by atoms with E-state index in [4.69, 9.17) is 5.73 Å². The van der Waals surface area contributed by atoms with E-state index >= 15 is 0 Å². The summed E-state index contributed by atoms with van der Waals surface area (Å²) in [5.74, 6) is 0.665. The van der Waals surface area contributed by atoms with Gasteiger partial charge in [-0.25, -0.2) is 4.98 Å². The summed E-state index contributed by atoms with van der Waals surface area (Å²) in [5.41, 5.74) is 8.45. The molecule has 1 aliphatic rings. The van der Waals surface area contributed by atoms with Crippen molar-refractivity contribution in [3.8, 4) is 0 Å². The molecule has 126 valence electrons. The molecule has 0 aliphatic heterocycles. The van der Waals surface area contributed by atoms with Crippen LogP contribution in [0.5, 0.6) is 0 Å². The van der Waals surface area contributed by atoms with Gasteiger partial charge in [-0.2, -0.15) is 0 Å². The smallest absolute Gasteiger partial charge is 0.265 e. The number of carbonyl (C=O) groups is 1. The quantitative estimate of drug-likeness (QED) is 0.721. The van der Waals surface area contributed by atoms with Gasteiger partial charge in [-0.15, -0.1) is 0 Å². The maximum absolute atomic E-state index is 12.9. The highest BCUT2D eigenvalue weighted by molar-refractivity contribution is 7.18. The van der Waals surface area contributed by atoms with Gasteiger partial charge in [0.1, 0.15) is 4.88 Å². The summed E-state index contributed by atoms with van der Waals surface area (Å²) < 4.78 is 1.97. The molecule has 1 amide bonds. The van der Waals surface area contributed by atoms with Crippen LogP contribution in [0.3, 0.4) is 0 Å². The lowest BCUT2D eigenvalue weighted by molar-refractivity contribution is 0.0633. The second kappa shape index (κ2) is 5.77. The molecule has 2 N–H and O–H groups in total. The molecule has 0 saturated heterocycles. The van der Waals surface area contributed by atoms with Gasteiger partial charge in [0.15, 0.2) is 4.96 Å². The third-order valence-electron chi connectivity index (χ3n) is 5.22. The first-order valence-electron chi connectivity index (χ1n) is 8.49. The van der Waals surface area contributed by atoms with Gasteiger partial charge < -0.3 is 10.6 Å². The maximum atomic E-state index is 12.9. The molecule has 6 heteroatoms. The largest absolute Gasteiger partial charge is 0.399 e. The first-order chi connectivity index (χ1) is 11.5. The zero-order valence-corrected chi connectivity index (χ0v) is 14.8. The van der Waals surface area contributed by atoms with Crippen molar-refractivity contribution in [3.05, 3.63) is 29.3 Å². The van der Waals surface area contributed by atoms with Crippen LogP contribution in [0.4, 0.5) is 5.69 Å². The van der Waals surface area contributed by atoms with Crippen LogP contribution in [0, 0.1) is 5.92 Å². The third kappa shape index (κ3) is 2.45. The number of fused-ring (bicyclic) bond motifs is 3. The molecule has 0 spiro atoms. The van der Waals surface area contributed by atoms with E-state index in [9.17, 15) is 4.79 Å². The first kappa shape index (κ1) is 15.4. The molecule has 24 heavy (non-hydrogen) atoms. The van der Waals surface area contributed by atoms with Gasteiger partial charge in [-0.05, 0) is 37.0 Å². The number of carbonyl (C=O) groups excluding carboxylic acids is 1. The van der Waals surface area contributed by atoms with Crippen molar-refractivity contribution in [2.24, 2.45) is 5.92 Å². The highest BCUT2D eigenvalue weighted by Gasteiger charge is 2.29. The molecule has 0 bridgehead atoms. The van der Waals surface area contributed by atoms with Crippen LogP contribution in [0.15, 0.2) is 24.4 Å². The van der Waals surface area contributed by atoms with Crippen molar-refractivity contribution in [1.82, 2.24) is 14.3 Å². The van der Waals surface area contributed by atoms with Crippen LogP contribution in [-0.2, 0) is 0 Å². The molecule has 0 unspecified atom stereocenters. The Labute approximate surface area is 145 Å². The van der Waals surface area contributed by atoms with Gasteiger partial charge in [0.25, 0.3) is 5.91 Å². The number of hydrogen-bond donors (Lipinski definition) is 1. The van der Waals surface area contributed by atoms with Gasteiger partial charge in [-0.1, -0.05) is 31.1 Å². The fraction of sp³-hybridized carbons (Fsp3) is 0.444. The molecule has 1 aromatic carbocycles. The van der Waals surface area contributed by atoms with E-state index in [1.54, 1.807) is 0 Å². The fourth-order valence-corrected chi connectivity index (χ4v) is 4.80. The van der Waals surface area contributed by atoms with E-state index in [0.717, 1.165) is 27.3 Å². The van der Waals surface area contributed by atoms with Crippen LogP contribution >= 0.6 is 11.3 Å². The molecule has 3 aromatic rings. The summed E-state index contributed by atoms with van der Waals surface area (Å²) in [6.45, 7) is 2.26. The lowest BCUT2D eigenvalue weighted by atomic mass is 9.85. The van der Waals surface area contributed by atoms with Gasteiger partial charge in [-0.3, -0.25) is 9.20 Å². The second-order valence-corrected chi connectivity index (χ2v) is 7.86. The zero-order chi connectivity index (χ0) is 16.8. The minimum Gasteiger partial charge on any atom is -0.399 e. The Kier molecular flexibility index (Phi) is 3.72. The van der Waals surface area contributed by atoms with E-state index in [1.165, 1.54) is 30.6 Å². The molecular formula is C18H22N4OS. The molecule has 1 saturated carbocycles. The number of rotatable bonds is 2. The van der Waals surface area contributed by atoms with Crippen LogP contribution in [-0.4, -0.2) is 33.3 Å². The topological polar surface area (TPSA) is 63.6 Å². The number of nitrogen functional groups attached to an aromatic ring is 1. The van der Waals surface area contributed by atoms with E-state index in [0.29, 0.717) is 17.6 Å². The minimum absolute atomic E-state index is 0.0984. The Morgan fingerprint density at radius 3 is 2.96 bits per heavy atom. The number of nitrogens with two attached hydrogens (primary N) is 1. The number of aromatic nitrogens is 2. The molecular weight excluding hydrogens is 320 g/mol. The Morgan fingerprint density at radius 1 is 1.38 bits per heavy atom. The normalized spacial score (nSPS) is 21.4. The minimum atomic E-state index is 0.0984. The highest BCUT2D eigenvalue weighted by atomic mass is 32.1. The monoisotopic (exact) mass is 342 g/mol. The predicted octanol–water partition coefficient (Wildman–Crippen LogP) is 3.78. The van der Waals surface area contributed by atoms with Crippen molar-refractivity contribution in [2.45, 2.75) is 38.6 Å². The van der Waals surface area contributed by atoms with E-state index in [1.807, 2.05) is 40.7 Å². The summed E-state index contributed by atoms with van der Waals surface area (Å²) >= 11 is 1.45. The first-order valence-corrected chi connectivity index (χ1v) is 9.30. The lowest BCUT2D eigenvalue weighted by Gasteiger charge is -2.36. The fourth-order valence-electron chi connectivity index (χ4n) is 3.82. The zero-order valence-electron chi connectivity index (χ0n) is 14.0. The lowest BCUT2D eigenvalue weighted by Crippen LogP contribution is -2.42. The average Bonchev–Trinajstić information content (AvgIpc) is 3.12. The Balaban J connectivity index is 1.68. The van der Waals surface area contributed by atoms with Crippen LogP contribution in [0.2, 0.25) is 0 Å². The van der Waals surface area contributed by atoms with Crippen molar-refractivity contribution < 1.29 is 4.79 Å². The molecule has 4 rings (SSSR count). The van der Waals surface area contributed by atoms with Crippen molar-refractivity contribution in [2.75, 3.05) is 12.8 Å². The van der Waals surface area contributed by atoms with Crippen LogP contribution in [0.1, 0.15) is 42.3 Å². The second-order valence-electron chi connectivity index (χ2n) is 6.85. The molecule has 2 aromatic heterocycles. The Morgan fingerprint density at radius 2 is 2.17 bits per heavy atom. The molecule has 5 nitrogen and oxygen atoms in total. The average molecular weight is 342 g/mol. The van der Waals surface area contributed by atoms with Crippen molar-refractivity contribution in [3.63, 3.8) is 0 Å². The molecule has 2 atom stereocenters. The van der Waals surface area contributed by atoms with Crippen LogP contribution < -0.4 is 5.73 Å². The Hall–Kier alpha value is -2.08. The van der Waals surface area contributed by atoms with Gasteiger partial charge in [0, 0.05) is 25.0 Å². The number of anilines is 1. The maximum Gasteiger partial charge on any atom is 0.265 e. The van der Waals surface area contributed by atoms with Gasteiger partial charge in [0.05, 0.1) is 11.0 Å². The summed E-state index contributed by atoms with van der Waals surface area (Å²) in [4.78, 5) is 21.0. The summed E-state index contributed by atoms with van der Waals surface area (Å²) in [7, 11) is 1.94. The Bertz CT molecular complexity index is 912. The summed E-state index contributed by atoms with van der Waals surface area (Å²) in [5, 5.41) is 0. The highest BCUT2D eigenvalue weighted by Crippen LogP contribution is 2.30. The number of benzene rings is 1. The summed E-state index contributed by atoms with van der Waals surface area (Å²) in [6, 6.07) is 6.02. The molecule has 2 heterocycles. The standard InChI is InChI=1S/C18H22N4OS/c1-11-5-3-4-6-14(11)21(2)17(23)16-10-22-15-9-12(19)7-8-13(15)20-18(22)24-16/h7-11,14H,3-6,19H2,1-2H3/t11-,14+/m0/s1. The van der Waals surface area contributed by atoms with Crippen molar-refractivity contribution in [1.29, 1.82) is 0 Å². The molecule has 1 fully saturated rings. The van der Waals surface area contributed by atoms with Gasteiger partial charge >= 0.3 is 0 Å². The van der Waals surface area contributed by atoms with E-state index in [-0.39, 0.29) is 5.91 Å². The number of hydrogen-bond acceptors (Lipinski definition) is 4. The van der Waals surface area contributed by atoms with Crippen LogP contribution in [0.25, 0.3) is 16.0 Å². The summed E-state index contributed by atoms with van der Waals surface area (Å²) in [6.07, 6.45) is 6.71. The predicted molar refractivity (Wildman–Crippen MR) is 98.5 cm³/mol. The van der Waals surface area contributed by atoms with E-state index < -0.39 is 0 Å². The van der Waals surface area contributed by atoms with Gasteiger partial charge in [0.2, 0.25) is 0 Å². The van der Waals surface area contributed by atoms with Crippen molar-refractivity contribution >= 4 is 38.9 Å². The molecule has 0 radical (unpaired) electrons. The number of amides is 1. The SMILES string of the molecule is C[C@H]1CCCC[C@H]1N(C)C(=O)c1cn2c(nc3ccc(N)cc32)s1. The number of nitrogens with zero attached hydrogens (tertiary/aromatic N) is 3. The third-order valence-corrected chi connectivity index (χ3v) is 6.19. The number of imidazole rings is 1. The molecule has 1 aliphatic carbocycles. The van der Waals surface area contributed by atoms with E-state index in [2.05, 4.69) is 11.9 Å².